The van der Waals surface area contributed by atoms with Crippen molar-refractivity contribution in [2.24, 2.45) is 0 Å². The zero-order valence-electron chi connectivity index (χ0n) is 15.9. The van der Waals surface area contributed by atoms with Crippen LogP contribution >= 0.6 is 11.3 Å². The maximum atomic E-state index is 12.9. The molecule has 0 aliphatic rings. The summed E-state index contributed by atoms with van der Waals surface area (Å²) in [5.74, 6) is -0.680. The van der Waals surface area contributed by atoms with Gasteiger partial charge >= 0.3 is 0 Å². The van der Waals surface area contributed by atoms with E-state index in [0.29, 0.717) is 35.8 Å². The number of carbonyl (C=O) groups excluding carboxylic acids is 2. The molecule has 1 heterocycles. The third-order valence-corrected chi connectivity index (χ3v) is 5.23. The van der Waals surface area contributed by atoms with Crippen LogP contribution in [0.5, 0.6) is 0 Å². The third kappa shape index (κ3) is 6.18. The highest BCUT2D eigenvalue weighted by molar-refractivity contribution is 7.13. The number of rotatable bonds is 8. The van der Waals surface area contributed by atoms with Gasteiger partial charge in [-0.1, -0.05) is 41.7 Å². The Hall–Kier alpha value is -3.13. The minimum Gasteiger partial charge on any atom is -0.352 e. The van der Waals surface area contributed by atoms with Crippen molar-refractivity contribution in [1.29, 1.82) is 0 Å². The molecule has 2 N–H and O–H groups in total. The van der Waals surface area contributed by atoms with Crippen LogP contribution in [0.1, 0.15) is 38.8 Å². The molecule has 0 radical (unpaired) electrons. The summed E-state index contributed by atoms with van der Waals surface area (Å²) in [5.41, 5.74) is 2.55. The van der Waals surface area contributed by atoms with Gasteiger partial charge < -0.3 is 10.6 Å². The number of aromatic nitrogens is 2. The number of amides is 2. The second kappa shape index (κ2) is 9.88. The smallest absolute Gasteiger partial charge is 0.286 e. The standard InChI is InChI=1S/C21H21FN4O2S/c1-14-5-2-3-6-17(14)24-20(28)21-26-25-19(29-21)8-4-7-18(27)23-13-15-9-11-16(22)12-10-15/h2-3,5-6,9-12H,4,7-8,13H2,1H3,(H,23,27)(H,24,28). The van der Waals surface area contributed by atoms with Crippen LogP contribution in [0, 0.1) is 12.7 Å². The number of hydrogen-bond acceptors (Lipinski definition) is 5. The summed E-state index contributed by atoms with van der Waals surface area (Å²) in [6.45, 7) is 2.28. The number of benzene rings is 2. The molecule has 0 atom stereocenters. The Morgan fingerprint density at radius 2 is 1.83 bits per heavy atom. The van der Waals surface area contributed by atoms with Gasteiger partial charge in [-0.05, 0) is 42.7 Å². The molecule has 0 saturated carbocycles. The third-order valence-electron chi connectivity index (χ3n) is 4.25. The normalized spacial score (nSPS) is 10.6. The van der Waals surface area contributed by atoms with Crippen LogP contribution in [0.2, 0.25) is 0 Å². The highest BCUT2D eigenvalue weighted by Gasteiger charge is 2.14. The summed E-state index contributed by atoms with van der Waals surface area (Å²) in [5, 5.41) is 14.6. The fourth-order valence-electron chi connectivity index (χ4n) is 2.63. The molecule has 2 aromatic carbocycles. The van der Waals surface area contributed by atoms with E-state index in [1.165, 1.54) is 23.5 Å². The van der Waals surface area contributed by atoms with Crippen LogP contribution in [0.25, 0.3) is 0 Å². The number of halogens is 1. The lowest BCUT2D eigenvalue weighted by Crippen LogP contribution is -2.22. The summed E-state index contributed by atoms with van der Waals surface area (Å²) in [7, 11) is 0. The van der Waals surface area contributed by atoms with Crippen molar-refractivity contribution >= 4 is 28.8 Å². The van der Waals surface area contributed by atoms with Crippen LogP contribution in [0.15, 0.2) is 48.5 Å². The Kier molecular flexibility index (Phi) is 7.02. The zero-order valence-corrected chi connectivity index (χ0v) is 16.8. The maximum Gasteiger partial charge on any atom is 0.286 e. The Balaban J connectivity index is 1.42. The molecule has 0 aliphatic heterocycles. The van der Waals surface area contributed by atoms with E-state index in [1.807, 2.05) is 31.2 Å². The minimum absolute atomic E-state index is 0.0867. The van der Waals surface area contributed by atoms with Gasteiger partial charge in [0.25, 0.3) is 5.91 Å². The summed E-state index contributed by atoms with van der Waals surface area (Å²) >= 11 is 1.23. The van der Waals surface area contributed by atoms with E-state index in [1.54, 1.807) is 12.1 Å². The van der Waals surface area contributed by atoms with Gasteiger partial charge in [0.15, 0.2) is 0 Å². The van der Waals surface area contributed by atoms with Gasteiger partial charge in [-0.25, -0.2) is 4.39 Å². The van der Waals surface area contributed by atoms with Crippen molar-refractivity contribution in [3.8, 4) is 0 Å². The number of hydrogen-bond donors (Lipinski definition) is 2. The van der Waals surface area contributed by atoms with Crippen LogP contribution in [-0.4, -0.2) is 22.0 Å². The van der Waals surface area contributed by atoms with Crippen LogP contribution in [-0.2, 0) is 17.8 Å². The number of nitrogens with one attached hydrogen (secondary N) is 2. The average Bonchev–Trinajstić information content (AvgIpc) is 3.18. The Morgan fingerprint density at radius 1 is 1.07 bits per heavy atom. The zero-order chi connectivity index (χ0) is 20.6. The van der Waals surface area contributed by atoms with Gasteiger partial charge in [0, 0.05) is 25.1 Å². The van der Waals surface area contributed by atoms with Crippen molar-refractivity contribution < 1.29 is 14.0 Å². The van der Waals surface area contributed by atoms with Crippen molar-refractivity contribution in [2.45, 2.75) is 32.7 Å². The molecule has 29 heavy (non-hydrogen) atoms. The maximum absolute atomic E-state index is 12.9. The highest BCUT2D eigenvalue weighted by atomic mass is 32.1. The van der Waals surface area contributed by atoms with Crippen LogP contribution < -0.4 is 10.6 Å². The van der Waals surface area contributed by atoms with Gasteiger partial charge in [-0.3, -0.25) is 9.59 Å². The monoisotopic (exact) mass is 412 g/mol. The molecule has 0 spiro atoms. The number of aryl methyl sites for hydroxylation is 2. The summed E-state index contributed by atoms with van der Waals surface area (Å²) < 4.78 is 12.9. The van der Waals surface area contributed by atoms with Crippen molar-refractivity contribution in [2.75, 3.05) is 5.32 Å². The highest BCUT2D eigenvalue weighted by Crippen LogP contribution is 2.17. The van der Waals surface area contributed by atoms with E-state index in [4.69, 9.17) is 0 Å². The minimum atomic E-state index is -0.302. The molecule has 3 aromatic rings. The first-order chi connectivity index (χ1) is 14.0. The molecule has 150 valence electrons. The Labute approximate surface area is 172 Å². The second-order valence-corrected chi connectivity index (χ2v) is 7.59. The van der Waals surface area contributed by atoms with Gasteiger partial charge in [-0.2, -0.15) is 0 Å². The summed E-state index contributed by atoms with van der Waals surface area (Å²) in [6.07, 6.45) is 1.51. The van der Waals surface area contributed by atoms with Crippen molar-refractivity contribution in [1.82, 2.24) is 15.5 Å². The molecule has 0 bridgehead atoms. The molecule has 8 heteroatoms. The molecule has 2 amide bonds. The number of anilines is 1. The van der Waals surface area contributed by atoms with Gasteiger partial charge in [0.1, 0.15) is 10.8 Å². The quantitative estimate of drug-likeness (QED) is 0.588. The summed E-state index contributed by atoms with van der Waals surface area (Å²) in [6, 6.07) is 13.5. The molecule has 3 rings (SSSR count). The average molecular weight is 412 g/mol. The molecule has 1 aromatic heterocycles. The Morgan fingerprint density at radius 3 is 2.59 bits per heavy atom. The molecular formula is C21H21FN4O2S. The molecule has 0 unspecified atom stereocenters. The van der Waals surface area contributed by atoms with Gasteiger partial charge in [-0.15, -0.1) is 10.2 Å². The molecule has 6 nitrogen and oxygen atoms in total. The topological polar surface area (TPSA) is 84.0 Å². The van der Waals surface area contributed by atoms with Crippen molar-refractivity contribution in [3.05, 3.63) is 75.5 Å². The van der Waals surface area contributed by atoms with E-state index in [2.05, 4.69) is 20.8 Å². The number of nitrogens with zero attached hydrogens (tertiary/aromatic N) is 2. The molecular weight excluding hydrogens is 391 g/mol. The van der Waals surface area contributed by atoms with Crippen LogP contribution in [0.3, 0.4) is 0 Å². The number of carbonyl (C=O) groups is 2. The van der Waals surface area contributed by atoms with Crippen LogP contribution in [0.4, 0.5) is 10.1 Å². The molecule has 0 saturated heterocycles. The van der Waals surface area contributed by atoms with E-state index in [-0.39, 0.29) is 17.6 Å². The van der Waals surface area contributed by atoms with Gasteiger partial charge in [0.05, 0.1) is 0 Å². The second-order valence-electron chi connectivity index (χ2n) is 6.53. The fourth-order valence-corrected chi connectivity index (χ4v) is 3.40. The van der Waals surface area contributed by atoms with Gasteiger partial charge in [0.2, 0.25) is 10.9 Å². The summed E-state index contributed by atoms with van der Waals surface area (Å²) in [4.78, 5) is 24.3. The SMILES string of the molecule is Cc1ccccc1NC(=O)c1nnc(CCCC(=O)NCc2ccc(F)cc2)s1. The first-order valence-electron chi connectivity index (χ1n) is 9.22. The number of para-hydroxylation sites is 1. The first kappa shape index (κ1) is 20.6. The lowest BCUT2D eigenvalue weighted by Gasteiger charge is -2.05. The lowest BCUT2D eigenvalue weighted by molar-refractivity contribution is -0.121. The van der Waals surface area contributed by atoms with E-state index in [0.717, 1.165) is 16.8 Å². The molecule has 0 aliphatic carbocycles. The predicted molar refractivity (Wildman–Crippen MR) is 110 cm³/mol. The van der Waals surface area contributed by atoms with E-state index >= 15 is 0 Å². The lowest BCUT2D eigenvalue weighted by atomic mass is 10.2. The van der Waals surface area contributed by atoms with E-state index in [9.17, 15) is 14.0 Å². The first-order valence-corrected chi connectivity index (χ1v) is 10.0. The predicted octanol–water partition coefficient (Wildman–Crippen LogP) is 3.88. The molecule has 0 fully saturated rings. The Bertz CT molecular complexity index is 988. The van der Waals surface area contributed by atoms with Crippen molar-refractivity contribution in [3.63, 3.8) is 0 Å². The fraction of sp³-hybridized carbons (Fsp3) is 0.238. The largest absolute Gasteiger partial charge is 0.352 e. The van der Waals surface area contributed by atoms with E-state index < -0.39 is 0 Å².